The van der Waals surface area contributed by atoms with Crippen LogP contribution in [0, 0.1) is 0 Å². The second kappa shape index (κ2) is 7.98. The lowest BCUT2D eigenvalue weighted by Crippen LogP contribution is -2.41. The van der Waals surface area contributed by atoms with Crippen molar-refractivity contribution >= 4 is 17.7 Å². The summed E-state index contributed by atoms with van der Waals surface area (Å²) in [5.41, 5.74) is 0. The molecule has 2 unspecified atom stereocenters. The molecule has 0 saturated carbocycles. The third-order valence-electron chi connectivity index (χ3n) is 3.47. The molecule has 2 atom stereocenters. The Labute approximate surface area is 110 Å². The van der Waals surface area contributed by atoms with Gasteiger partial charge in [0.2, 0.25) is 5.91 Å². The highest BCUT2D eigenvalue weighted by Crippen LogP contribution is 2.24. The Morgan fingerprint density at radius 3 is 2.71 bits per heavy atom. The molecular weight excluding hydrogens is 232 g/mol. The fraction of sp³-hybridized carbons (Fsp3) is 0.923. The number of hydrogen-bond acceptors (Lipinski definition) is 3. The van der Waals surface area contributed by atoms with Gasteiger partial charge in [-0.15, -0.1) is 0 Å². The van der Waals surface area contributed by atoms with Crippen LogP contribution in [-0.4, -0.2) is 47.5 Å². The molecule has 0 aliphatic carbocycles. The molecule has 0 aromatic rings. The summed E-state index contributed by atoms with van der Waals surface area (Å²) in [5.74, 6) is 1.57. The van der Waals surface area contributed by atoms with Gasteiger partial charge in [-0.3, -0.25) is 4.79 Å². The maximum Gasteiger partial charge on any atom is 0.223 e. The van der Waals surface area contributed by atoms with Crippen molar-refractivity contribution in [2.75, 3.05) is 25.4 Å². The molecule has 0 radical (unpaired) electrons. The van der Waals surface area contributed by atoms with Crippen molar-refractivity contribution in [1.29, 1.82) is 0 Å². The molecule has 1 heterocycles. The minimum atomic E-state index is 0.276. The number of carbonyl (C=O) groups excluding carboxylic acids is 1. The minimum Gasteiger partial charge on any atom is -0.343 e. The summed E-state index contributed by atoms with van der Waals surface area (Å²) in [5, 5.41) is 4.22. The molecule has 0 bridgehead atoms. The van der Waals surface area contributed by atoms with Gasteiger partial charge in [-0.05, 0) is 32.4 Å². The Balaban J connectivity index is 2.20. The monoisotopic (exact) mass is 258 g/mol. The number of rotatable bonds is 6. The minimum absolute atomic E-state index is 0.276. The van der Waals surface area contributed by atoms with Gasteiger partial charge in [-0.25, -0.2) is 0 Å². The van der Waals surface area contributed by atoms with Gasteiger partial charge in [-0.1, -0.05) is 6.92 Å². The van der Waals surface area contributed by atoms with Crippen molar-refractivity contribution in [1.82, 2.24) is 10.2 Å². The summed E-state index contributed by atoms with van der Waals surface area (Å²) >= 11 is 2.04. The third-order valence-corrected chi connectivity index (χ3v) is 4.85. The molecule has 1 amide bonds. The fourth-order valence-electron chi connectivity index (χ4n) is 2.29. The van der Waals surface area contributed by atoms with Crippen molar-refractivity contribution in [2.24, 2.45) is 0 Å². The normalized spacial score (nSPS) is 24.6. The number of thioether (sulfide) groups is 1. The van der Waals surface area contributed by atoms with Crippen LogP contribution in [0.4, 0.5) is 0 Å². The largest absolute Gasteiger partial charge is 0.343 e. The van der Waals surface area contributed by atoms with Crippen molar-refractivity contribution in [3.8, 4) is 0 Å². The maximum atomic E-state index is 11.8. The van der Waals surface area contributed by atoms with E-state index in [1.165, 1.54) is 18.6 Å². The number of nitrogens with one attached hydrogen (secondary N) is 1. The zero-order chi connectivity index (χ0) is 12.7. The number of hydrogen-bond donors (Lipinski definition) is 1. The topological polar surface area (TPSA) is 32.3 Å². The summed E-state index contributed by atoms with van der Waals surface area (Å²) in [6.45, 7) is 8.83. The summed E-state index contributed by atoms with van der Waals surface area (Å²) in [4.78, 5) is 13.7. The highest BCUT2D eigenvalue weighted by Gasteiger charge is 2.21. The molecule has 1 fully saturated rings. The first-order valence-electron chi connectivity index (χ1n) is 6.81. The Kier molecular flexibility index (Phi) is 6.97. The number of nitrogens with zero attached hydrogens (tertiary/aromatic N) is 1. The van der Waals surface area contributed by atoms with Gasteiger partial charge in [0.15, 0.2) is 0 Å². The molecule has 1 aliphatic heterocycles. The first-order valence-corrected chi connectivity index (χ1v) is 7.86. The Hall–Kier alpha value is -0.220. The quantitative estimate of drug-likeness (QED) is 0.792. The lowest BCUT2D eigenvalue weighted by molar-refractivity contribution is -0.130. The molecule has 0 aromatic heterocycles. The predicted octanol–water partition coefficient (Wildman–Crippen LogP) is 2.12. The van der Waals surface area contributed by atoms with Crippen molar-refractivity contribution in [3.05, 3.63) is 0 Å². The zero-order valence-electron chi connectivity index (χ0n) is 11.4. The molecule has 17 heavy (non-hydrogen) atoms. The van der Waals surface area contributed by atoms with Gasteiger partial charge in [0, 0.05) is 37.3 Å². The Morgan fingerprint density at radius 1 is 1.41 bits per heavy atom. The van der Waals surface area contributed by atoms with E-state index in [0.717, 1.165) is 19.6 Å². The Bertz CT molecular complexity index is 231. The van der Waals surface area contributed by atoms with Crippen LogP contribution in [-0.2, 0) is 4.79 Å². The van der Waals surface area contributed by atoms with E-state index >= 15 is 0 Å². The van der Waals surface area contributed by atoms with E-state index in [1.54, 1.807) is 0 Å². The molecule has 1 aliphatic rings. The van der Waals surface area contributed by atoms with Gasteiger partial charge in [-0.2, -0.15) is 11.8 Å². The van der Waals surface area contributed by atoms with Crippen molar-refractivity contribution in [2.45, 2.75) is 51.3 Å². The van der Waals surface area contributed by atoms with Crippen LogP contribution >= 0.6 is 11.8 Å². The highest BCUT2D eigenvalue weighted by atomic mass is 32.2. The Morgan fingerprint density at radius 2 is 2.12 bits per heavy atom. The van der Waals surface area contributed by atoms with E-state index < -0.39 is 0 Å². The standard InChI is InChI=1S/C13H26N2OS/c1-4-15(5-2)13(16)8-9-14-12-7-6-10-17-11(12)3/h11-12,14H,4-10H2,1-3H3. The molecule has 0 aromatic carbocycles. The molecule has 1 rings (SSSR count). The van der Waals surface area contributed by atoms with E-state index in [9.17, 15) is 4.79 Å². The predicted molar refractivity (Wildman–Crippen MR) is 75.5 cm³/mol. The molecular formula is C13H26N2OS. The molecule has 3 nitrogen and oxygen atoms in total. The van der Waals surface area contributed by atoms with E-state index in [2.05, 4.69) is 12.2 Å². The average molecular weight is 258 g/mol. The van der Waals surface area contributed by atoms with Crippen LogP contribution < -0.4 is 5.32 Å². The van der Waals surface area contributed by atoms with Crippen LogP contribution in [0.5, 0.6) is 0 Å². The molecule has 1 N–H and O–H groups in total. The van der Waals surface area contributed by atoms with Crippen molar-refractivity contribution < 1.29 is 4.79 Å². The van der Waals surface area contributed by atoms with Crippen LogP contribution in [0.25, 0.3) is 0 Å². The fourth-order valence-corrected chi connectivity index (χ4v) is 3.46. The van der Waals surface area contributed by atoms with E-state index in [1.807, 2.05) is 30.5 Å². The van der Waals surface area contributed by atoms with Crippen LogP contribution in [0.3, 0.4) is 0 Å². The number of amides is 1. The lowest BCUT2D eigenvalue weighted by atomic mass is 10.1. The summed E-state index contributed by atoms with van der Waals surface area (Å²) in [6, 6.07) is 0.596. The van der Waals surface area contributed by atoms with Gasteiger partial charge in [0.25, 0.3) is 0 Å². The van der Waals surface area contributed by atoms with Crippen molar-refractivity contribution in [3.63, 3.8) is 0 Å². The molecule has 1 saturated heterocycles. The van der Waals surface area contributed by atoms with E-state index in [4.69, 9.17) is 0 Å². The third kappa shape index (κ3) is 4.88. The first kappa shape index (κ1) is 14.8. The molecule has 100 valence electrons. The van der Waals surface area contributed by atoms with Crippen LogP contribution in [0.15, 0.2) is 0 Å². The average Bonchev–Trinajstić information content (AvgIpc) is 2.33. The van der Waals surface area contributed by atoms with E-state index in [0.29, 0.717) is 17.7 Å². The molecule has 0 spiro atoms. The van der Waals surface area contributed by atoms with Gasteiger partial charge in [0.1, 0.15) is 0 Å². The van der Waals surface area contributed by atoms with Gasteiger partial charge < -0.3 is 10.2 Å². The zero-order valence-corrected chi connectivity index (χ0v) is 12.2. The summed E-state index contributed by atoms with van der Waals surface area (Å²) in [6.07, 6.45) is 3.19. The summed E-state index contributed by atoms with van der Waals surface area (Å²) < 4.78 is 0. The second-order valence-corrected chi connectivity index (χ2v) is 6.08. The van der Waals surface area contributed by atoms with Gasteiger partial charge >= 0.3 is 0 Å². The second-order valence-electron chi connectivity index (χ2n) is 4.59. The van der Waals surface area contributed by atoms with Crippen LogP contribution in [0.2, 0.25) is 0 Å². The smallest absolute Gasteiger partial charge is 0.223 e. The first-order chi connectivity index (χ1) is 8.19. The highest BCUT2D eigenvalue weighted by molar-refractivity contribution is 7.99. The maximum absolute atomic E-state index is 11.8. The lowest BCUT2D eigenvalue weighted by Gasteiger charge is -2.29. The SMILES string of the molecule is CCN(CC)C(=O)CCNC1CCCSC1C. The number of carbonyl (C=O) groups is 1. The summed E-state index contributed by atoms with van der Waals surface area (Å²) in [7, 11) is 0. The van der Waals surface area contributed by atoms with Crippen LogP contribution in [0.1, 0.15) is 40.0 Å². The molecule has 4 heteroatoms. The van der Waals surface area contributed by atoms with E-state index in [-0.39, 0.29) is 5.91 Å². The van der Waals surface area contributed by atoms with Gasteiger partial charge in [0.05, 0.1) is 0 Å².